The minimum atomic E-state index is 0.567. The second-order valence-electron chi connectivity index (χ2n) is 4.99. The number of aromatic nitrogens is 2. The van der Waals surface area contributed by atoms with E-state index in [9.17, 15) is 0 Å². The van der Waals surface area contributed by atoms with Crippen molar-refractivity contribution in [2.45, 2.75) is 19.0 Å². The SMILES string of the molecule is CNC1CCN(Cc2nnc(-c3ccccc3Br)o2)C1. The molecule has 1 aliphatic heterocycles. The van der Waals surface area contributed by atoms with Crippen molar-refractivity contribution in [2.24, 2.45) is 0 Å². The molecule has 1 aromatic heterocycles. The van der Waals surface area contributed by atoms with Crippen LogP contribution in [0.4, 0.5) is 0 Å². The highest BCUT2D eigenvalue weighted by molar-refractivity contribution is 9.10. The van der Waals surface area contributed by atoms with Crippen molar-refractivity contribution >= 4 is 15.9 Å². The molecule has 1 N–H and O–H groups in total. The minimum absolute atomic E-state index is 0.567. The zero-order chi connectivity index (χ0) is 13.9. The van der Waals surface area contributed by atoms with Gasteiger partial charge in [0, 0.05) is 23.6 Å². The molecule has 5 nitrogen and oxygen atoms in total. The van der Waals surface area contributed by atoms with Crippen LogP contribution < -0.4 is 5.32 Å². The molecular formula is C14H17BrN4O. The van der Waals surface area contributed by atoms with Gasteiger partial charge in [-0.1, -0.05) is 12.1 Å². The maximum absolute atomic E-state index is 5.77. The summed E-state index contributed by atoms with van der Waals surface area (Å²) in [5.74, 6) is 1.24. The first-order valence-electron chi connectivity index (χ1n) is 6.73. The van der Waals surface area contributed by atoms with Crippen LogP contribution in [-0.4, -0.2) is 41.3 Å². The van der Waals surface area contributed by atoms with Gasteiger partial charge in [0.25, 0.3) is 0 Å². The van der Waals surface area contributed by atoms with Crippen LogP contribution in [0.5, 0.6) is 0 Å². The van der Waals surface area contributed by atoms with Crippen LogP contribution in [-0.2, 0) is 6.54 Å². The van der Waals surface area contributed by atoms with Crippen LogP contribution >= 0.6 is 15.9 Å². The standard InChI is InChI=1S/C14H17BrN4O/c1-16-10-6-7-19(8-10)9-13-17-18-14(20-13)11-4-2-3-5-12(11)15/h2-5,10,16H,6-9H2,1H3. The molecule has 20 heavy (non-hydrogen) atoms. The summed E-state index contributed by atoms with van der Waals surface area (Å²) in [5.41, 5.74) is 0.931. The van der Waals surface area contributed by atoms with Gasteiger partial charge >= 0.3 is 0 Å². The molecule has 0 radical (unpaired) electrons. The van der Waals surface area contributed by atoms with Gasteiger partial charge in [-0.25, -0.2) is 0 Å². The Kier molecular flexibility index (Phi) is 4.14. The zero-order valence-electron chi connectivity index (χ0n) is 11.3. The predicted octanol–water partition coefficient (Wildman–Crippen LogP) is 2.29. The van der Waals surface area contributed by atoms with Crippen LogP contribution in [0.3, 0.4) is 0 Å². The maximum Gasteiger partial charge on any atom is 0.248 e. The van der Waals surface area contributed by atoms with Gasteiger partial charge in [0.05, 0.1) is 12.1 Å². The molecule has 6 heteroatoms. The number of nitrogens with zero attached hydrogens (tertiary/aromatic N) is 3. The molecule has 1 unspecified atom stereocenters. The Bertz CT molecular complexity index is 586. The molecule has 0 bridgehead atoms. The molecule has 0 saturated carbocycles. The van der Waals surface area contributed by atoms with E-state index in [4.69, 9.17) is 4.42 Å². The highest BCUT2D eigenvalue weighted by Crippen LogP contribution is 2.27. The number of rotatable bonds is 4. The first-order chi connectivity index (χ1) is 9.76. The Morgan fingerprint density at radius 3 is 3.00 bits per heavy atom. The van der Waals surface area contributed by atoms with E-state index in [1.165, 1.54) is 6.42 Å². The van der Waals surface area contributed by atoms with E-state index in [0.29, 0.717) is 17.8 Å². The van der Waals surface area contributed by atoms with Crippen LogP contribution in [0.1, 0.15) is 12.3 Å². The number of hydrogen-bond donors (Lipinski definition) is 1. The Hall–Kier alpha value is -1.24. The number of hydrogen-bond acceptors (Lipinski definition) is 5. The number of benzene rings is 1. The van der Waals surface area contributed by atoms with E-state index >= 15 is 0 Å². The molecule has 0 spiro atoms. The summed E-state index contributed by atoms with van der Waals surface area (Å²) < 4.78 is 6.73. The molecular weight excluding hydrogens is 320 g/mol. The number of halogens is 1. The fraction of sp³-hybridized carbons (Fsp3) is 0.429. The van der Waals surface area contributed by atoms with Crippen molar-refractivity contribution in [3.05, 3.63) is 34.6 Å². The first-order valence-corrected chi connectivity index (χ1v) is 7.52. The fourth-order valence-corrected chi connectivity index (χ4v) is 2.92. The lowest BCUT2D eigenvalue weighted by Crippen LogP contribution is -2.29. The maximum atomic E-state index is 5.77. The summed E-state index contributed by atoms with van der Waals surface area (Å²) in [5, 5.41) is 11.6. The number of likely N-dealkylation sites (tertiary alicyclic amines) is 1. The lowest BCUT2D eigenvalue weighted by molar-refractivity contribution is 0.286. The van der Waals surface area contributed by atoms with Gasteiger partial charge in [-0.3, -0.25) is 4.90 Å². The van der Waals surface area contributed by atoms with Gasteiger partial charge in [0.2, 0.25) is 11.8 Å². The molecule has 1 aromatic carbocycles. The van der Waals surface area contributed by atoms with E-state index in [0.717, 1.165) is 29.7 Å². The van der Waals surface area contributed by atoms with E-state index in [2.05, 4.69) is 36.3 Å². The molecule has 2 heterocycles. The highest BCUT2D eigenvalue weighted by atomic mass is 79.9. The lowest BCUT2D eigenvalue weighted by Gasteiger charge is -2.12. The third-order valence-electron chi connectivity index (χ3n) is 3.61. The summed E-state index contributed by atoms with van der Waals surface area (Å²) in [6.45, 7) is 2.82. The summed E-state index contributed by atoms with van der Waals surface area (Å²) in [6.07, 6.45) is 1.17. The molecule has 106 valence electrons. The monoisotopic (exact) mass is 336 g/mol. The van der Waals surface area contributed by atoms with E-state index in [1.54, 1.807) is 0 Å². The average Bonchev–Trinajstić information content (AvgIpc) is 3.09. The van der Waals surface area contributed by atoms with Crippen molar-refractivity contribution in [3.8, 4) is 11.5 Å². The summed E-state index contributed by atoms with van der Waals surface area (Å²) in [4.78, 5) is 2.33. The van der Waals surface area contributed by atoms with Gasteiger partial charge in [0.15, 0.2) is 0 Å². The lowest BCUT2D eigenvalue weighted by atomic mass is 10.2. The summed E-state index contributed by atoms with van der Waals surface area (Å²) >= 11 is 3.50. The third-order valence-corrected chi connectivity index (χ3v) is 4.30. The smallest absolute Gasteiger partial charge is 0.248 e. The van der Waals surface area contributed by atoms with Crippen molar-refractivity contribution in [1.82, 2.24) is 20.4 Å². The fourth-order valence-electron chi connectivity index (χ4n) is 2.46. The zero-order valence-corrected chi connectivity index (χ0v) is 12.9. The van der Waals surface area contributed by atoms with Gasteiger partial charge in [-0.15, -0.1) is 10.2 Å². The number of nitrogens with one attached hydrogen (secondary N) is 1. The second kappa shape index (κ2) is 6.03. The molecule has 0 aliphatic carbocycles. The average molecular weight is 337 g/mol. The van der Waals surface area contributed by atoms with Gasteiger partial charge < -0.3 is 9.73 Å². The Morgan fingerprint density at radius 1 is 1.40 bits per heavy atom. The molecule has 1 saturated heterocycles. The van der Waals surface area contributed by atoms with Crippen LogP contribution in [0, 0.1) is 0 Å². The molecule has 0 amide bonds. The summed E-state index contributed by atoms with van der Waals surface area (Å²) in [7, 11) is 2.01. The second-order valence-corrected chi connectivity index (χ2v) is 5.84. The quantitative estimate of drug-likeness (QED) is 0.928. The van der Waals surface area contributed by atoms with Crippen molar-refractivity contribution in [1.29, 1.82) is 0 Å². The Labute approximate surface area is 126 Å². The molecule has 1 atom stereocenters. The van der Waals surface area contributed by atoms with E-state index in [-0.39, 0.29) is 0 Å². The van der Waals surface area contributed by atoms with Crippen LogP contribution in [0.25, 0.3) is 11.5 Å². The Morgan fingerprint density at radius 2 is 2.25 bits per heavy atom. The number of likely N-dealkylation sites (N-methyl/N-ethyl adjacent to an activating group) is 1. The van der Waals surface area contributed by atoms with Crippen molar-refractivity contribution in [2.75, 3.05) is 20.1 Å². The van der Waals surface area contributed by atoms with E-state index in [1.807, 2.05) is 31.3 Å². The van der Waals surface area contributed by atoms with Gasteiger partial charge in [-0.05, 0) is 41.5 Å². The van der Waals surface area contributed by atoms with Gasteiger partial charge in [0.1, 0.15) is 0 Å². The van der Waals surface area contributed by atoms with Crippen molar-refractivity contribution < 1.29 is 4.42 Å². The van der Waals surface area contributed by atoms with Crippen LogP contribution in [0.2, 0.25) is 0 Å². The van der Waals surface area contributed by atoms with Gasteiger partial charge in [-0.2, -0.15) is 0 Å². The highest BCUT2D eigenvalue weighted by Gasteiger charge is 2.22. The molecule has 3 rings (SSSR count). The predicted molar refractivity (Wildman–Crippen MR) is 80.2 cm³/mol. The largest absolute Gasteiger partial charge is 0.419 e. The van der Waals surface area contributed by atoms with Crippen LogP contribution in [0.15, 0.2) is 33.2 Å². The molecule has 2 aromatic rings. The third kappa shape index (κ3) is 2.92. The Balaban J connectivity index is 1.70. The molecule has 1 fully saturated rings. The van der Waals surface area contributed by atoms with E-state index < -0.39 is 0 Å². The topological polar surface area (TPSA) is 54.2 Å². The normalized spacial score (nSPS) is 19.6. The van der Waals surface area contributed by atoms with Crippen molar-refractivity contribution in [3.63, 3.8) is 0 Å². The minimum Gasteiger partial charge on any atom is -0.419 e. The summed E-state index contributed by atoms with van der Waals surface area (Å²) in [6, 6.07) is 8.43. The molecule has 1 aliphatic rings. The first kappa shape index (κ1) is 13.7.